The van der Waals surface area contributed by atoms with Crippen LogP contribution in [0.25, 0.3) is 0 Å². The van der Waals surface area contributed by atoms with E-state index < -0.39 is 0 Å². The van der Waals surface area contributed by atoms with Gasteiger partial charge < -0.3 is 20.3 Å². The Kier molecular flexibility index (Phi) is 5.39. The lowest BCUT2D eigenvalue weighted by molar-refractivity contribution is 0.0573. The average Bonchev–Trinajstić information content (AvgIpc) is 3.10. The average molecular weight is 317 g/mol. The van der Waals surface area contributed by atoms with Crippen molar-refractivity contribution in [3.05, 3.63) is 24.3 Å². The number of carbonyl (C=O) groups is 1. The molecule has 1 aromatic carbocycles. The number of hydrogen-bond donors (Lipinski definition) is 2. The molecule has 2 fully saturated rings. The highest BCUT2D eigenvalue weighted by Crippen LogP contribution is 2.23. The van der Waals surface area contributed by atoms with Crippen molar-refractivity contribution >= 4 is 17.4 Å². The second-order valence-electron chi connectivity index (χ2n) is 6.58. The summed E-state index contributed by atoms with van der Waals surface area (Å²) in [7, 11) is 0. The minimum Gasteiger partial charge on any atom is -0.381 e. The summed E-state index contributed by atoms with van der Waals surface area (Å²) >= 11 is 0. The first kappa shape index (κ1) is 16.1. The van der Waals surface area contributed by atoms with Gasteiger partial charge in [0.05, 0.1) is 0 Å². The van der Waals surface area contributed by atoms with Crippen molar-refractivity contribution < 1.29 is 9.53 Å². The molecular formula is C18H27N3O2. The maximum Gasteiger partial charge on any atom is 0.319 e. The van der Waals surface area contributed by atoms with Gasteiger partial charge in [-0.1, -0.05) is 6.07 Å². The van der Waals surface area contributed by atoms with Crippen LogP contribution in [-0.4, -0.2) is 38.4 Å². The van der Waals surface area contributed by atoms with Crippen molar-refractivity contribution in [3.8, 4) is 0 Å². The Morgan fingerprint density at radius 2 is 2.00 bits per heavy atom. The Morgan fingerprint density at radius 1 is 1.26 bits per heavy atom. The molecule has 0 aliphatic carbocycles. The fraction of sp³-hybridized carbons (Fsp3) is 0.611. The molecule has 2 amide bonds. The molecule has 1 aromatic rings. The van der Waals surface area contributed by atoms with Crippen LogP contribution in [-0.2, 0) is 4.74 Å². The molecule has 0 radical (unpaired) electrons. The number of urea groups is 1. The zero-order chi connectivity index (χ0) is 16.1. The summed E-state index contributed by atoms with van der Waals surface area (Å²) in [5.74, 6) is 0.505. The summed E-state index contributed by atoms with van der Waals surface area (Å²) in [5, 5.41) is 6.04. The standard InChI is InChI=1S/C18H27N3O2/c1-14(15-7-11-23-12-8-15)19-18(22)20-16-5-4-6-17(13-16)21-9-2-3-10-21/h4-6,13-15H,2-3,7-12H2,1H3,(H2,19,20,22)/t14-/m1/s1. The van der Waals surface area contributed by atoms with Gasteiger partial charge in [0.2, 0.25) is 0 Å². The first-order valence-corrected chi connectivity index (χ1v) is 8.72. The predicted molar refractivity (Wildman–Crippen MR) is 93.0 cm³/mol. The molecule has 0 bridgehead atoms. The highest BCUT2D eigenvalue weighted by molar-refractivity contribution is 5.90. The summed E-state index contributed by atoms with van der Waals surface area (Å²) < 4.78 is 5.38. The fourth-order valence-corrected chi connectivity index (χ4v) is 3.46. The van der Waals surface area contributed by atoms with Crippen LogP contribution < -0.4 is 15.5 Å². The second-order valence-corrected chi connectivity index (χ2v) is 6.58. The molecule has 3 rings (SSSR count). The number of anilines is 2. The first-order chi connectivity index (χ1) is 11.2. The molecular weight excluding hydrogens is 290 g/mol. The Hall–Kier alpha value is -1.75. The zero-order valence-corrected chi connectivity index (χ0v) is 13.9. The molecule has 23 heavy (non-hydrogen) atoms. The van der Waals surface area contributed by atoms with Crippen LogP contribution in [0, 0.1) is 5.92 Å². The number of rotatable bonds is 4. The summed E-state index contributed by atoms with van der Waals surface area (Å²) in [6.45, 7) is 5.90. The van der Waals surface area contributed by atoms with E-state index in [0.29, 0.717) is 5.92 Å². The maximum atomic E-state index is 12.2. The van der Waals surface area contributed by atoms with Gasteiger partial charge in [-0.25, -0.2) is 4.79 Å². The van der Waals surface area contributed by atoms with E-state index in [1.807, 2.05) is 12.1 Å². The Balaban J connectivity index is 1.53. The highest BCUT2D eigenvalue weighted by Gasteiger charge is 2.22. The summed E-state index contributed by atoms with van der Waals surface area (Å²) in [6.07, 6.45) is 4.54. The van der Waals surface area contributed by atoms with E-state index in [1.54, 1.807) is 0 Å². The van der Waals surface area contributed by atoms with Gasteiger partial charge in [-0.15, -0.1) is 0 Å². The summed E-state index contributed by atoms with van der Waals surface area (Å²) in [5.41, 5.74) is 2.05. The van der Waals surface area contributed by atoms with E-state index in [4.69, 9.17) is 4.74 Å². The van der Waals surface area contributed by atoms with Crippen molar-refractivity contribution in [2.45, 2.75) is 38.6 Å². The van der Waals surface area contributed by atoms with E-state index in [9.17, 15) is 4.79 Å². The lowest BCUT2D eigenvalue weighted by Gasteiger charge is -2.28. The maximum absolute atomic E-state index is 12.2. The third-order valence-corrected chi connectivity index (χ3v) is 4.91. The van der Waals surface area contributed by atoms with E-state index >= 15 is 0 Å². The van der Waals surface area contributed by atoms with Crippen LogP contribution in [0.2, 0.25) is 0 Å². The van der Waals surface area contributed by atoms with Crippen molar-refractivity contribution in [3.63, 3.8) is 0 Å². The van der Waals surface area contributed by atoms with Crippen LogP contribution in [0.3, 0.4) is 0 Å². The molecule has 2 saturated heterocycles. The molecule has 0 saturated carbocycles. The molecule has 5 nitrogen and oxygen atoms in total. The van der Waals surface area contributed by atoms with Crippen LogP contribution in [0.5, 0.6) is 0 Å². The quantitative estimate of drug-likeness (QED) is 0.896. The topological polar surface area (TPSA) is 53.6 Å². The minimum absolute atomic E-state index is 0.123. The fourth-order valence-electron chi connectivity index (χ4n) is 3.46. The number of carbonyl (C=O) groups excluding carboxylic acids is 1. The molecule has 2 aliphatic rings. The monoisotopic (exact) mass is 317 g/mol. The third kappa shape index (κ3) is 4.38. The van der Waals surface area contributed by atoms with Crippen LogP contribution in [0.4, 0.5) is 16.2 Å². The number of amides is 2. The number of benzene rings is 1. The Morgan fingerprint density at radius 3 is 2.74 bits per heavy atom. The van der Waals surface area contributed by atoms with Gasteiger partial charge in [-0.05, 0) is 56.7 Å². The van der Waals surface area contributed by atoms with Gasteiger partial charge in [0, 0.05) is 43.7 Å². The van der Waals surface area contributed by atoms with Crippen molar-refractivity contribution in [1.82, 2.24) is 5.32 Å². The first-order valence-electron chi connectivity index (χ1n) is 8.72. The lowest BCUT2D eigenvalue weighted by Crippen LogP contribution is -2.42. The SMILES string of the molecule is C[C@@H](NC(=O)Nc1cccc(N2CCCC2)c1)C1CCOCC1. The second kappa shape index (κ2) is 7.68. The van der Waals surface area contributed by atoms with Gasteiger partial charge in [0.1, 0.15) is 0 Å². The summed E-state index contributed by atoms with van der Waals surface area (Å²) in [6, 6.07) is 8.16. The molecule has 0 aromatic heterocycles. The van der Waals surface area contributed by atoms with Crippen molar-refractivity contribution in [2.24, 2.45) is 5.92 Å². The molecule has 1 atom stereocenters. The van der Waals surface area contributed by atoms with Crippen LogP contribution >= 0.6 is 0 Å². The largest absolute Gasteiger partial charge is 0.381 e. The van der Waals surface area contributed by atoms with Crippen molar-refractivity contribution in [1.29, 1.82) is 0 Å². The molecule has 0 unspecified atom stereocenters. The van der Waals surface area contributed by atoms with Crippen LogP contribution in [0.1, 0.15) is 32.6 Å². The molecule has 2 N–H and O–H groups in total. The molecule has 0 spiro atoms. The van der Waals surface area contributed by atoms with Gasteiger partial charge >= 0.3 is 6.03 Å². The Bertz CT molecular complexity index is 523. The van der Waals surface area contributed by atoms with E-state index in [0.717, 1.165) is 44.8 Å². The third-order valence-electron chi connectivity index (χ3n) is 4.91. The van der Waals surface area contributed by atoms with Gasteiger partial charge in [0.25, 0.3) is 0 Å². The number of ether oxygens (including phenoxy) is 1. The zero-order valence-electron chi connectivity index (χ0n) is 13.9. The molecule has 2 heterocycles. The lowest BCUT2D eigenvalue weighted by atomic mass is 9.93. The Labute approximate surface area is 138 Å². The van der Waals surface area contributed by atoms with Gasteiger partial charge in [-0.2, -0.15) is 0 Å². The van der Waals surface area contributed by atoms with Crippen LogP contribution in [0.15, 0.2) is 24.3 Å². The predicted octanol–water partition coefficient (Wildman–Crippen LogP) is 3.22. The number of nitrogens with one attached hydrogen (secondary N) is 2. The van der Waals surface area contributed by atoms with Gasteiger partial charge in [0.15, 0.2) is 0 Å². The minimum atomic E-state index is -0.123. The van der Waals surface area contributed by atoms with E-state index in [-0.39, 0.29) is 12.1 Å². The number of hydrogen-bond acceptors (Lipinski definition) is 3. The number of nitrogens with zero attached hydrogens (tertiary/aromatic N) is 1. The van der Waals surface area contributed by atoms with E-state index in [1.165, 1.54) is 18.5 Å². The highest BCUT2D eigenvalue weighted by atomic mass is 16.5. The molecule has 5 heteroatoms. The van der Waals surface area contributed by atoms with E-state index in [2.05, 4.69) is 34.6 Å². The molecule has 126 valence electrons. The van der Waals surface area contributed by atoms with Crippen molar-refractivity contribution in [2.75, 3.05) is 36.5 Å². The smallest absolute Gasteiger partial charge is 0.319 e. The van der Waals surface area contributed by atoms with Gasteiger partial charge in [-0.3, -0.25) is 0 Å². The molecule has 2 aliphatic heterocycles. The summed E-state index contributed by atoms with van der Waals surface area (Å²) in [4.78, 5) is 14.6. The normalized spacial score (nSPS) is 20.3.